The molecule has 5 nitrogen and oxygen atoms in total. The topological polar surface area (TPSA) is 36.3 Å². The van der Waals surface area contributed by atoms with Crippen LogP contribution in [0.5, 0.6) is 0 Å². The summed E-state index contributed by atoms with van der Waals surface area (Å²) in [6, 6.07) is 2.11. The number of aryl methyl sites for hydroxylation is 1. The predicted octanol–water partition coefficient (Wildman–Crippen LogP) is 0.630. The molecule has 0 radical (unpaired) electrons. The van der Waals surface area contributed by atoms with Crippen molar-refractivity contribution < 1.29 is 0 Å². The lowest BCUT2D eigenvalue weighted by Crippen LogP contribution is -2.46. The second-order valence-corrected chi connectivity index (χ2v) is 5.37. The van der Waals surface area contributed by atoms with E-state index in [1.165, 1.54) is 31.9 Å². The number of hydrogen-bond acceptors (Lipinski definition) is 4. The Kier molecular flexibility index (Phi) is 5.82. The van der Waals surface area contributed by atoms with Crippen molar-refractivity contribution in [3.63, 3.8) is 0 Å². The third-order valence-electron chi connectivity index (χ3n) is 3.75. The second-order valence-electron chi connectivity index (χ2n) is 5.37. The molecule has 108 valence electrons. The number of hydrogen-bond donors (Lipinski definition) is 1. The molecule has 1 aliphatic heterocycles. The fourth-order valence-corrected chi connectivity index (χ4v) is 2.45. The molecule has 0 amide bonds. The maximum Gasteiger partial charge on any atom is 0.0522 e. The van der Waals surface area contributed by atoms with Crippen molar-refractivity contribution in [3.8, 4) is 0 Å². The highest BCUT2D eigenvalue weighted by Crippen LogP contribution is 2.00. The molecule has 2 heterocycles. The molecule has 0 aliphatic carbocycles. The Hall–Kier alpha value is -0.910. The predicted molar refractivity (Wildman–Crippen MR) is 78.2 cm³/mol. The lowest BCUT2D eigenvalue weighted by molar-refractivity contribution is 0.154. The van der Waals surface area contributed by atoms with E-state index in [1.807, 2.05) is 6.20 Å². The van der Waals surface area contributed by atoms with Gasteiger partial charge in [0.15, 0.2) is 0 Å². The average molecular weight is 265 g/mol. The molecule has 0 aromatic carbocycles. The molecule has 1 aliphatic rings. The van der Waals surface area contributed by atoms with E-state index in [0.717, 1.165) is 32.6 Å². The number of aromatic nitrogens is 2. The van der Waals surface area contributed by atoms with Crippen molar-refractivity contribution >= 4 is 0 Å². The van der Waals surface area contributed by atoms with Crippen LogP contribution < -0.4 is 5.32 Å². The van der Waals surface area contributed by atoms with Crippen LogP contribution in [0.25, 0.3) is 0 Å². The summed E-state index contributed by atoms with van der Waals surface area (Å²) in [5.41, 5.74) is 1.29. The van der Waals surface area contributed by atoms with Gasteiger partial charge in [0.05, 0.1) is 5.69 Å². The van der Waals surface area contributed by atoms with Crippen molar-refractivity contribution in [2.24, 2.45) is 0 Å². The Bertz CT molecular complexity index is 354. The van der Waals surface area contributed by atoms with E-state index < -0.39 is 0 Å². The first-order valence-electron chi connectivity index (χ1n) is 7.42. The van der Waals surface area contributed by atoms with Crippen LogP contribution in [0, 0.1) is 0 Å². The Morgan fingerprint density at radius 3 is 2.74 bits per heavy atom. The van der Waals surface area contributed by atoms with Crippen molar-refractivity contribution in [2.75, 3.05) is 46.3 Å². The monoisotopic (exact) mass is 265 g/mol. The molecule has 5 heteroatoms. The second kappa shape index (κ2) is 7.62. The molecule has 0 saturated carbocycles. The van der Waals surface area contributed by atoms with Gasteiger partial charge in [0.25, 0.3) is 0 Å². The highest BCUT2D eigenvalue weighted by Gasteiger charge is 2.12. The molecule has 0 bridgehead atoms. The summed E-state index contributed by atoms with van der Waals surface area (Å²) in [4.78, 5) is 4.93. The molecule has 1 fully saturated rings. The van der Waals surface area contributed by atoms with Gasteiger partial charge in [-0.1, -0.05) is 6.92 Å². The SMILES string of the molecule is CCCn1nccc1CNCCN1CCN(C)CC1. The largest absolute Gasteiger partial charge is 0.310 e. The Morgan fingerprint density at radius 1 is 1.21 bits per heavy atom. The van der Waals surface area contributed by atoms with Crippen molar-refractivity contribution in [2.45, 2.75) is 26.4 Å². The van der Waals surface area contributed by atoms with Crippen molar-refractivity contribution in [3.05, 3.63) is 18.0 Å². The van der Waals surface area contributed by atoms with E-state index in [4.69, 9.17) is 0 Å². The summed E-state index contributed by atoms with van der Waals surface area (Å²) in [7, 11) is 2.20. The molecule has 0 unspecified atom stereocenters. The summed E-state index contributed by atoms with van der Waals surface area (Å²) < 4.78 is 2.10. The van der Waals surface area contributed by atoms with Crippen molar-refractivity contribution in [1.29, 1.82) is 0 Å². The maximum atomic E-state index is 4.34. The first kappa shape index (κ1) is 14.5. The number of nitrogens with one attached hydrogen (secondary N) is 1. The van der Waals surface area contributed by atoms with E-state index in [2.05, 4.69) is 44.9 Å². The first-order valence-corrected chi connectivity index (χ1v) is 7.42. The van der Waals surface area contributed by atoms with Gasteiger partial charge in [-0.05, 0) is 19.5 Å². The standard InChI is InChI=1S/C14H27N5/c1-3-7-19-14(4-5-16-19)13-15-6-8-18-11-9-17(2)10-12-18/h4-5,15H,3,6-13H2,1-2H3. The highest BCUT2D eigenvalue weighted by molar-refractivity contribution is 4.99. The van der Waals surface area contributed by atoms with Gasteiger partial charge in [0.1, 0.15) is 0 Å². The quantitative estimate of drug-likeness (QED) is 0.734. The summed E-state index contributed by atoms with van der Waals surface area (Å²) in [5, 5.41) is 7.87. The van der Waals surface area contributed by atoms with E-state index in [1.54, 1.807) is 0 Å². The van der Waals surface area contributed by atoms with Gasteiger partial charge in [0.2, 0.25) is 0 Å². The van der Waals surface area contributed by atoms with Crippen LogP contribution in [-0.2, 0) is 13.1 Å². The van der Waals surface area contributed by atoms with Gasteiger partial charge < -0.3 is 10.2 Å². The van der Waals surface area contributed by atoms with Crippen LogP contribution in [0.3, 0.4) is 0 Å². The molecule has 19 heavy (non-hydrogen) atoms. The molecule has 1 N–H and O–H groups in total. The fraction of sp³-hybridized carbons (Fsp3) is 0.786. The van der Waals surface area contributed by atoms with Crippen LogP contribution >= 0.6 is 0 Å². The minimum absolute atomic E-state index is 0.924. The van der Waals surface area contributed by atoms with Gasteiger partial charge >= 0.3 is 0 Å². The lowest BCUT2D eigenvalue weighted by atomic mass is 10.3. The molecule has 2 rings (SSSR count). The maximum absolute atomic E-state index is 4.34. The Balaban J connectivity index is 1.62. The van der Waals surface area contributed by atoms with Gasteiger partial charge in [-0.3, -0.25) is 9.58 Å². The number of likely N-dealkylation sites (N-methyl/N-ethyl adjacent to an activating group) is 1. The van der Waals surface area contributed by atoms with E-state index in [9.17, 15) is 0 Å². The summed E-state index contributed by atoms with van der Waals surface area (Å²) in [5.74, 6) is 0. The molecular formula is C14H27N5. The minimum atomic E-state index is 0.924. The van der Waals surface area contributed by atoms with Crippen LogP contribution in [0.4, 0.5) is 0 Å². The number of nitrogens with zero attached hydrogens (tertiary/aromatic N) is 4. The molecule has 1 aromatic heterocycles. The van der Waals surface area contributed by atoms with Crippen LogP contribution in [0.1, 0.15) is 19.0 Å². The minimum Gasteiger partial charge on any atom is -0.310 e. The van der Waals surface area contributed by atoms with Crippen LogP contribution in [0.2, 0.25) is 0 Å². The molecular weight excluding hydrogens is 238 g/mol. The van der Waals surface area contributed by atoms with Gasteiger partial charge in [-0.25, -0.2) is 0 Å². The third kappa shape index (κ3) is 4.60. The molecule has 0 atom stereocenters. The molecule has 1 saturated heterocycles. The van der Waals surface area contributed by atoms with E-state index in [-0.39, 0.29) is 0 Å². The smallest absolute Gasteiger partial charge is 0.0522 e. The highest BCUT2D eigenvalue weighted by atomic mass is 15.3. The number of rotatable bonds is 7. The van der Waals surface area contributed by atoms with E-state index >= 15 is 0 Å². The van der Waals surface area contributed by atoms with Crippen LogP contribution in [0.15, 0.2) is 12.3 Å². The van der Waals surface area contributed by atoms with Gasteiger partial charge in [-0.2, -0.15) is 5.10 Å². The molecule has 1 aromatic rings. The number of piperazine rings is 1. The normalized spacial score (nSPS) is 18.0. The van der Waals surface area contributed by atoms with Gasteiger partial charge in [0, 0.05) is 58.6 Å². The fourth-order valence-electron chi connectivity index (χ4n) is 2.45. The Labute approximate surface area is 116 Å². The third-order valence-corrected chi connectivity index (χ3v) is 3.75. The summed E-state index contributed by atoms with van der Waals surface area (Å²) in [6.45, 7) is 11.1. The zero-order valence-corrected chi connectivity index (χ0v) is 12.3. The zero-order valence-electron chi connectivity index (χ0n) is 12.3. The van der Waals surface area contributed by atoms with Crippen LogP contribution in [-0.4, -0.2) is 65.9 Å². The van der Waals surface area contributed by atoms with Crippen molar-refractivity contribution in [1.82, 2.24) is 24.9 Å². The average Bonchev–Trinajstić information content (AvgIpc) is 2.85. The zero-order chi connectivity index (χ0) is 13.5. The summed E-state index contributed by atoms with van der Waals surface area (Å²) in [6.07, 6.45) is 3.03. The molecule has 0 spiro atoms. The summed E-state index contributed by atoms with van der Waals surface area (Å²) >= 11 is 0. The lowest BCUT2D eigenvalue weighted by Gasteiger charge is -2.32. The van der Waals surface area contributed by atoms with Gasteiger partial charge in [-0.15, -0.1) is 0 Å². The van der Waals surface area contributed by atoms with E-state index in [0.29, 0.717) is 0 Å². The Morgan fingerprint density at radius 2 is 2.00 bits per heavy atom. The first-order chi connectivity index (χ1) is 9.29.